The first-order valence-electron chi connectivity index (χ1n) is 8.70. The van der Waals surface area contributed by atoms with E-state index in [1.54, 1.807) is 31.4 Å². The Balaban J connectivity index is 1.74. The van der Waals surface area contributed by atoms with Gasteiger partial charge in [0.25, 0.3) is 0 Å². The Kier molecular flexibility index (Phi) is 6.11. The predicted molar refractivity (Wildman–Crippen MR) is 105 cm³/mol. The highest BCUT2D eigenvalue weighted by molar-refractivity contribution is 5.90. The number of carbonyl (C=O) groups excluding carboxylic acids is 1. The van der Waals surface area contributed by atoms with Crippen LogP contribution in [0.4, 0.5) is 0 Å². The lowest BCUT2D eigenvalue weighted by Gasteiger charge is -2.13. The molecule has 2 aromatic carbocycles. The molecule has 28 heavy (non-hydrogen) atoms. The molecule has 3 rings (SSSR count). The topological polar surface area (TPSA) is 70.8 Å². The molecule has 1 aromatic heterocycles. The predicted octanol–water partition coefficient (Wildman–Crippen LogP) is 4.44. The SMILES string of the molecule is C=CCc1cc(C(=O)OCc2cc(-c3ccccc3)no2)cc(OC)c1OC. The molecule has 6 nitrogen and oxygen atoms in total. The van der Waals surface area contributed by atoms with Crippen molar-refractivity contribution >= 4 is 5.97 Å². The molecule has 6 heteroatoms. The van der Waals surface area contributed by atoms with E-state index >= 15 is 0 Å². The van der Waals surface area contributed by atoms with Crippen LogP contribution in [0.15, 0.2) is 65.7 Å². The summed E-state index contributed by atoms with van der Waals surface area (Å²) in [4.78, 5) is 12.5. The fraction of sp³-hybridized carbons (Fsp3) is 0.182. The summed E-state index contributed by atoms with van der Waals surface area (Å²) in [5.74, 6) is 0.990. The summed E-state index contributed by atoms with van der Waals surface area (Å²) in [5, 5.41) is 4.01. The molecule has 0 aliphatic heterocycles. The lowest BCUT2D eigenvalue weighted by Crippen LogP contribution is -2.07. The van der Waals surface area contributed by atoms with Gasteiger partial charge in [0.1, 0.15) is 5.69 Å². The first kappa shape index (κ1) is 19.2. The van der Waals surface area contributed by atoms with Gasteiger partial charge in [0.05, 0.1) is 19.8 Å². The Morgan fingerprint density at radius 1 is 1.14 bits per heavy atom. The zero-order valence-electron chi connectivity index (χ0n) is 15.8. The number of aromatic nitrogens is 1. The average molecular weight is 379 g/mol. The second-order valence-corrected chi connectivity index (χ2v) is 5.98. The lowest BCUT2D eigenvalue weighted by molar-refractivity contribution is 0.0437. The van der Waals surface area contributed by atoms with Crippen molar-refractivity contribution in [3.8, 4) is 22.8 Å². The lowest BCUT2D eigenvalue weighted by atomic mass is 10.1. The van der Waals surface area contributed by atoms with E-state index in [9.17, 15) is 4.79 Å². The smallest absolute Gasteiger partial charge is 0.338 e. The standard InChI is InChI=1S/C22H21NO5/c1-4-8-16-11-17(12-20(25-2)21(16)26-3)22(24)27-14-18-13-19(23-28-18)15-9-6-5-7-10-15/h4-7,9-13H,1,8,14H2,2-3H3. The van der Waals surface area contributed by atoms with Gasteiger partial charge in [-0.3, -0.25) is 0 Å². The van der Waals surface area contributed by atoms with Crippen LogP contribution in [0.25, 0.3) is 11.3 Å². The minimum atomic E-state index is -0.496. The van der Waals surface area contributed by atoms with Crippen LogP contribution in [0.3, 0.4) is 0 Å². The van der Waals surface area contributed by atoms with Gasteiger partial charge in [0.15, 0.2) is 23.9 Å². The number of benzene rings is 2. The summed E-state index contributed by atoms with van der Waals surface area (Å²) in [6.07, 6.45) is 2.26. The first-order chi connectivity index (χ1) is 13.7. The highest BCUT2D eigenvalue weighted by Crippen LogP contribution is 2.33. The maximum absolute atomic E-state index is 12.5. The highest BCUT2D eigenvalue weighted by Gasteiger charge is 2.17. The summed E-state index contributed by atoms with van der Waals surface area (Å²) < 4.78 is 21.4. The van der Waals surface area contributed by atoms with Gasteiger partial charge in [-0.05, 0) is 18.6 Å². The highest BCUT2D eigenvalue weighted by atomic mass is 16.5. The van der Waals surface area contributed by atoms with Gasteiger partial charge < -0.3 is 18.7 Å². The van der Waals surface area contributed by atoms with Crippen molar-refractivity contribution in [1.29, 1.82) is 0 Å². The normalized spacial score (nSPS) is 10.4. The number of hydrogen-bond acceptors (Lipinski definition) is 6. The van der Waals surface area contributed by atoms with Crippen molar-refractivity contribution in [2.24, 2.45) is 0 Å². The van der Waals surface area contributed by atoms with Gasteiger partial charge in [-0.2, -0.15) is 0 Å². The van der Waals surface area contributed by atoms with Crippen molar-refractivity contribution in [3.05, 3.63) is 78.1 Å². The van der Waals surface area contributed by atoms with Crippen molar-refractivity contribution < 1.29 is 23.5 Å². The number of ether oxygens (including phenoxy) is 3. The van der Waals surface area contributed by atoms with Crippen LogP contribution in [-0.2, 0) is 17.8 Å². The molecule has 0 saturated carbocycles. The quantitative estimate of drug-likeness (QED) is 0.425. The van der Waals surface area contributed by atoms with E-state index in [0.717, 1.165) is 11.1 Å². The Hall–Kier alpha value is -3.54. The molecule has 0 amide bonds. The third-order valence-electron chi connectivity index (χ3n) is 4.13. The molecular formula is C22H21NO5. The summed E-state index contributed by atoms with van der Waals surface area (Å²) in [5.41, 5.74) is 2.76. The third-order valence-corrected chi connectivity index (χ3v) is 4.13. The number of hydrogen-bond donors (Lipinski definition) is 0. The van der Waals surface area contributed by atoms with Gasteiger partial charge in [-0.1, -0.05) is 41.6 Å². The third kappa shape index (κ3) is 4.23. The van der Waals surface area contributed by atoms with Crippen LogP contribution in [0.1, 0.15) is 21.7 Å². The number of nitrogens with zero attached hydrogens (tertiary/aromatic N) is 1. The molecule has 0 fully saturated rings. The second-order valence-electron chi connectivity index (χ2n) is 5.98. The number of rotatable bonds is 8. The van der Waals surface area contributed by atoms with Crippen molar-refractivity contribution in [2.75, 3.05) is 14.2 Å². The van der Waals surface area contributed by atoms with Crippen LogP contribution in [-0.4, -0.2) is 25.3 Å². The Morgan fingerprint density at radius 3 is 2.61 bits per heavy atom. The summed E-state index contributed by atoms with van der Waals surface area (Å²) in [6.45, 7) is 3.71. The zero-order valence-corrected chi connectivity index (χ0v) is 15.8. The van der Waals surface area contributed by atoms with Crippen molar-refractivity contribution in [1.82, 2.24) is 5.16 Å². The van der Waals surface area contributed by atoms with Crippen molar-refractivity contribution in [3.63, 3.8) is 0 Å². The second kappa shape index (κ2) is 8.90. The largest absolute Gasteiger partial charge is 0.493 e. The Labute approximate surface area is 163 Å². The first-order valence-corrected chi connectivity index (χ1v) is 8.70. The van der Waals surface area contributed by atoms with E-state index in [0.29, 0.717) is 34.9 Å². The molecule has 0 spiro atoms. The fourth-order valence-corrected chi connectivity index (χ4v) is 2.81. The molecule has 3 aromatic rings. The van der Waals surface area contributed by atoms with Crippen LogP contribution in [0.2, 0.25) is 0 Å². The van der Waals surface area contributed by atoms with Gasteiger partial charge in [-0.25, -0.2) is 4.79 Å². The van der Waals surface area contributed by atoms with Gasteiger partial charge >= 0.3 is 5.97 Å². The molecule has 0 radical (unpaired) electrons. The van der Waals surface area contributed by atoms with Crippen LogP contribution in [0, 0.1) is 0 Å². The molecule has 1 heterocycles. The maximum Gasteiger partial charge on any atom is 0.338 e. The summed E-state index contributed by atoms with van der Waals surface area (Å²) in [6, 6.07) is 14.7. The zero-order chi connectivity index (χ0) is 19.9. The van der Waals surface area contributed by atoms with Crippen LogP contribution < -0.4 is 9.47 Å². The number of carbonyl (C=O) groups is 1. The molecule has 0 aliphatic rings. The molecule has 0 aliphatic carbocycles. The fourth-order valence-electron chi connectivity index (χ4n) is 2.81. The molecule has 0 bridgehead atoms. The number of esters is 1. The average Bonchev–Trinajstić information content (AvgIpc) is 3.21. The molecule has 0 atom stereocenters. The number of methoxy groups -OCH3 is 2. The van der Waals surface area contributed by atoms with E-state index in [-0.39, 0.29) is 6.61 Å². The summed E-state index contributed by atoms with van der Waals surface area (Å²) >= 11 is 0. The summed E-state index contributed by atoms with van der Waals surface area (Å²) in [7, 11) is 3.07. The number of allylic oxidation sites excluding steroid dienone is 1. The maximum atomic E-state index is 12.5. The van der Waals surface area contributed by atoms with E-state index in [1.807, 2.05) is 30.3 Å². The molecule has 0 unspecified atom stereocenters. The monoisotopic (exact) mass is 379 g/mol. The minimum absolute atomic E-state index is 0.0240. The molecule has 0 N–H and O–H groups in total. The van der Waals surface area contributed by atoms with E-state index in [2.05, 4.69) is 11.7 Å². The Bertz CT molecular complexity index is 962. The molecule has 144 valence electrons. The molecule has 0 saturated heterocycles. The van der Waals surface area contributed by atoms with E-state index in [1.165, 1.54) is 7.11 Å². The van der Waals surface area contributed by atoms with Crippen molar-refractivity contribution in [2.45, 2.75) is 13.0 Å². The van der Waals surface area contributed by atoms with Gasteiger partial charge in [-0.15, -0.1) is 6.58 Å². The Morgan fingerprint density at radius 2 is 1.93 bits per heavy atom. The van der Waals surface area contributed by atoms with Gasteiger partial charge in [0.2, 0.25) is 0 Å². The van der Waals surface area contributed by atoms with Crippen LogP contribution >= 0.6 is 0 Å². The minimum Gasteiger partial charge on any atom is -0.493 e. The van der Waals surface area contributed by atoms with Crippen LogP contribution in [0.5, 0.6) is 11.5 Å². The molecular weight excluding hydrogens is 358 g/mol. The van der Waals surface area contributed by atoms with E-state index < -0.39 is 5.97 Å². The van der Waals surface area contributed by atoms with E-state index in [4.69, 9.17) is 18.7 Å². The van der Waals surface area contributed by atoms with Gasteiger partial charge in [0, 0.05) is 17.2 Å².